The van der Waals surface area contributed by atoms with Gasteiger partial charge in [0.25, 0.3) is 0 Å². The van der Waals surface area contributed by atoms with Gasteiger partial charge in [-0.3, -0.25) is 0 Å². The van der Waals surface area contributed by atoms with Crippen LogP contribution in [0.1, 0.15) is 25.7 Å². The van der Waals surface area contributed by atoms with E-state index in [1.165, 1.54) is 12.8 Å². The maximum Gasteiger partial charge on any atom is 0.359 e. The van der Waals surface area contributed by atoms with E-state index in [0.29, 0.717) is 0 Å². The molecule has 0 fully saturated rings. The van der Waals surface area contributed by atoms with Gasteiger partial charge in [-0.05, 0) is 12.8 Å². The van der Waals surface area contributed by atoms with Gasteiger partial charge in [-0.15, -0.1) is 0 Å². The summed E-state index contributed by atoms with van der Waals surface area (Å²) in [7, 11) is 0. The van der Waals surface area contributed by atoms with E-state index in [1.807, 2.05) is 0 Å². The van der Waals surface area contributed by atoms with Crippen LogP contribution in [-0.4, -0.2) is 0 Å². The third-order valence-electron chi connectivity index (χ3n) is 1.73. The molecule has 0 radical (unpaired) electrons. The minimum atomic E-state index is -0.619. The van der Waals surface area contributed by atoms with Crippen LogP contribution in [0.2, 0.25) is 0 Å². The zero-order valence-corrected chi connectivity index (χ0v) is 8.52. The van der Waals surface area contributed by atoms with Crippen molar-refractivity contribution in [3.63, 3.8) is 0 Å². The Labute approximate surface area is 74.4 Å². The first-order chi connectivity index (χ1) is 4.86. The van der Waals surface area contributed by atoms with Crippen LogP contribution in [0, 0.1) is 0 Å². The third-order valence-corrected chi connectivity index (χ3v) is 3.64. The summed E-state index contributed by atoms with van der Waals surface area (Å²) in [4.78, 5) is 0. The molecule has 0 aromatic heterocycles. The quantitative estimate of drug-likeness (QED) is 0.495. The van der Waals surface area contributed by atoms with Crippen LogP contribution in [0.5, 0.6) is 0 Å². The summed E-state index contributed by atoms with van der Waals surface area (Å²) < 4.78 is 10.9. The van der Waals surface area contributed by atoms with E-state index >= 15 is 0 Å². The molecule has 0 aromatic carbocycles. The van der Waals surface area contributed by atoms with Gasteiger partial charge in [0.05, 0.1) is 0 Å². The van der Waals surface area contributed by atoms with Crippen molar-refractivity contribution in [1.29, 1.82) is 0 Å². The maximum absolute atomic E-state index is 5.47. The molecule has 1 heterocycles. The first-order valence-corrected chi connectivity index (χ1v) is 7.36. The van der Waals surface area contributed by atoms with E-state index in [-0.39, 0.29) is 0 Å². The first-order valence-electron chi connectivity index (χ1n) is 3.40. The molecule has 2 aliphatic rings. The number of halogens is 1. The molecule has 4 heteroatoms. The van der Waals surface area contributed by atoms with E-state index in [9.17, 15) is 0 Å². The maximum atomic E-state index is 5.47. The van der Waals surface area contributed by atoms with Crippen LogP contribution in [0.15, 0.2) is 11.5 Å². The Morgan fingerprint density at radius 2 is 1.60 bits per heavy atom. The fourth-order valence-electron chi connectivity index (χ4n) is 1.23. The summed E-state index contributed by atoms with van der Waals surface area (Å²) in [6, 6.07) is -0.619. The molecule has 10 heavy (non-hydrogen) atoms. The summed E-state index contributed by atoms with van der Waals surface area (Å²) in [6.45, 7) is 0. The minimum absolute atomic E-state index is 0.619. The minimum Gasteiger partial charge on any atom is -0.432 e. The lowest BCUT2D eigenvalue weighted by atomic mass is 10.1. The lowest BCUT2D eigenvalue weighted by molar-refractivity contribution is 0.425. The van der Waals surface area contributed by atoms with E-state index in [4.69, 9.17) is 9.05 Å². The molecule has 2 nitrogen and oxygen atoms in total. The highest BCUT2D eigenvalue weighted by Crippen LogP contribution is 2.58. The van der Waals surface area contributed by atoms with Crippen LogP contribution in [0.25, 0.3) is 0 Å². The second-order valence-electron chi connectivity index (χ2n) is 2.45. The average Bonchev–Trinajstić information content (AvgIpc) is 2.27. The van der Waals surface area contributed by atoms with Gasteiger partial charge in [-0.25, -0.2) is 0 Å². The fourth-order valence-corrected chi connectivity index (χ4v) is 3.43. The molecule has 1 aliphatic carbocycles. The monoisotopic (exact) mass is 270 g/mol. The van der Waals surface area contributed by atoms with Crippen molar-refractivity contribution in [2.24, 2.45) is 0 Å². The van der Waals surface area contributed by atoms with E-state index in [0.717, 1.165) is 24.4 Å². The second-order valence-corrected chi connectivity index (χ2v) is 5.60. The molecular weight excluding hydrogens is 262 g/mol. The number of hydrogen-bond acceptors (Lipinski definition) is 2. The Kier molecular flexibility index (Phi) is 2.05. The van der Waals surface area contributed by atoms with Gasteiger partial charge in [-0.1, -0.05) is 0 Å². The Morgan fingerprint density at radius 3 is 2.10 bits per heavy atom. The Bertz CT molecular complexity index is 163. The smallest absolute Gasteiger partial charge is 0.359 e. The predicted octanol–water partition coefficient (Wildman–Crippen LogP) is 3.48. The molecular formula is C6H8IO2P. The van der Waals surface area contributed by atoms with Crippen molar-refractivity contribution < 1.29 is 9.05 Å². The van der Waals surface area contributed by atoms with Gasteiger partial charge in [0.2, 0.25) is 0 Å². The van der Waals surface area contributed by atoms with Gasteiger partial charge in [-0.2, -0.15) is 0 Å². The molecule has 0 unspecified atom stereocenters. The molecule has 0 N–H and O–H groups in total. The Morgan fingerprint density at radius 1 is 1.10 bits per heavy atom. The zero-order valence-electron chi connectivity index (χ0n) is 5.47. The van der Waals surface area contributed by atoms with Gasteiger partial charge < -0.3 is 9.05 Å². The lowest BCUT2D eigenvalue weighted by Crippen LogP contribution is -1.94. The highest BCUT2D eigenvalue weighted by Gasteiger charge is 2.27. The standard InChI is InChI=1S/C6H8IO2P/c7-10-8-5-3-1-2-4-6(5)9-10/h1-4H2. The zero-order chi connectivity index (χ0) is 6.97. The van der Waals surface area contributed by atoms with Crippen molar-refractivity contribution >= 4 is 28.1 Å². The SMILES string of the molecule is IP1OC2=C(CCCC2)O1. The number of allylic oxidation sites excluding steroid dienone is 2. The molecule has 2 rings (SSSR count). The normalized spacial score (nSPS) is 25.7. The van der Waals surface area contributed by atoms with Crippen LogP contribution >= 0.6 is 28.1 Å². The Balaban J connectivity index is 2.13. The van der Waals surface area contributed by atoms with Crippen LogP contribution in [0.4, 0.5) is 0 Å². The molecule has 56 valence electrons. The van der Waals surface area contributed by atoms with Crippen LogP contribution < -0.4 is 0 Å². The van der Waals surface area contributed by atoms with Crippen LogP contribution in [-0.2, 0) is 9.05 Å². The van der Waals surface area contributed by atoms with E-state index in [1.54, 1.807) is 0 Å². The van der Waals surface area contributed by atoms with Crippen molar-refractivity contribution in [2.45, 2.75) is 25.7 Å². The molecule has 1 aliphatic heterocycles. The first kappa shape index (κ1) is 7.17. The fraction of sp³-hybridized carbons (Fsp3) is 0.667. The number of hydrogen-bond donors (Lipinski definition) is 0. The summed E-state index contributed by atoms with van der Waals surface area (Å²) in [5, 5.41) is 0. The van der Waals surface area contributed by atoms with Crippen LogP contribution in [0.3, 0.4) is 0 Å². The summed E-state index contributed by atoms with van der Waals surface area (Å²) >= 11 is 2.22. The molecule has 0 spiro atoms. The largest absolute Gasteiger partial charge is 0.432 e. The Hall–Kier alpha value is 0.500. The van der Waals surface area contributed by atoms with Gasteiger partial charge in [0.15, 0.2) is 0 Å². The lowest BCUT2D eigenvalue weighted by Gasteiger charge is -2.07. The molecule has 0 saturated heterocycles. The van der Waals surface area contributed by atoms with Gasteiger partial charge in [0, 0.05) is 34.9 Å². The molecule has 0 aromatic rings. The van der Waals surface area contributed by atoms with Crippen molar-refractivity contribution in [2.75, 3.05) is 0 Å². The third kappa shape index (κ3) is 1.26. The van der Waals surface area contributed by atoms with E-state index < -0.39 is 6.02 Å². The number of rotatable bonds is 0. The summed E-state index contributed by atoms with van der Waals surface area (Å²) in [5.41, 5.74) is 0. The van der Waals surface area contributed by atoms with Crippen molar-refractivity contribution in [1.82, 2.24) is 0 Å². The second kappa shape index (κ2) is 2.86. The molecule has 0 amide bonds. The predicted molar refractivity (Wildman–Crippen MR) is 48.6 cm³/mol. The van der Waals surface area contributed by atoms with Gasteiger partial charge in [0.1, 0.15) is 11.5 Å². The van der Waals surface area contributed by atoms with E-state index in [2.05, 4.69) is 22.0 Å². The highest BCUT2D eigenvalue weighted by molar-refractivity contribution is 14.2. The molecule has 0 atom stereocenters. The molecule has 0 saturated carbocycles. The topological polar surface area (TPSA) is 18.5 Å². The molecule has 0 bridgehead atoms. The van der Waals surface area contributed by atoms with Gasteiger partial charge >= 0.3 is 6.02 Å². The summed E-state index contributed by atoms with van der Waals surface area (Å²) in [6.07, 6.45) is 4.72. The van der Waals surface area contributed by atoms with Crippen molar-refractivity contribution in [3.8, 4) is 0 Å². The average molecular weight is 270 g/mol. The van der Waals surface area contributed by atoms with Crippen molar-refractivity contribution in [3.05, 3.63) is 11.5 Å². The summed E-state index contributed by atoms with van der Waals surface area (Å²) in [5.74, 6) is 2.26. The highest BCUT2D eigenvalue weighted by atomic mass is 127.